The first kappa shape index (κ1) is 13.2. The number of hydrogen-bond donors (Lipinski definition) is 3. The smallest absolute Gasteiger partial charge is 0.212 e. The average molecular weight is 311 g/mol. The topological polar surface area (TPSA) is 114 Å². The van der Waals surface area contributed by atoms with Crippen molar-refractivity contribution < 1.29 is 9.18 Å². The first-order valence-electron chi connectivity index (χ1n) is 6.65. The van der Waals surface area contributed by atoms with Crippen molar-refractivity contribution in [3.05, 3.63) is 36.4 Å². The number of aromatic amines is 1. The van der Waals surface area contributed by atoms with Crippen LogP contribution in [0.2, 0.25) is 0 Å². The summed E-state index contributed by atoms with van der Waals surface area (Å²) in [4.78, 5) is 14.7. The Morgan fingerprint density at radius 2 is 2.26 bits per heavy atom. The predicted molar refractivity (Wildman–Crippen MR) is 82.1 cm³/mol. The fourth-order valence-electron chi connectivity index (χ4n) is 2.50. The standard InChI is InChI=1S/C14H10FN7O/c15-8-3-10-7(4-18-20-10)13(14(8)16)9-1-2-12-19-11(17-6-23)5-22(12)21-9/h1-6H,16H2,(H,17,23)(H,18,20). The minimum atomic E-state index is -0.549. The third-order valence-corrected chi connectivity index (χ3v) is 3.52. The van der Waals surface area contributed by atoms with Gasteiger partial charge in [0.15, 0.2) is 11.5 Å². The van der Waals surface area contributed by atoms with Crippen molar-refractivity contribution in [1.82, 2.24) is 24.8 Å². The van der Waals surface area contributed by atoms with Gasteiger partial charge in [0, 0.05) is 17.0 Å². The lowest BCUT2D eigenvalue weighted by molar-refractivity contribution is -0.105. The van der Waals surface area contributed by atoms with Crippen LogP contribution in [0.15, 0.2) is 30.6 Å². The van der Waals surface area contributed by atoms with Crippen LogP contribution in [0.1, 0.15) is 0 Å². The first-order chi connectivity index (χ1) is 11.2. The monoisotopic (exact) mass is 311 g/mol. The summed E-state index contributed by atoms with van der Waals surface area (Å²) in [5, 5.41) is 14.1. The SMILES string of the molecule is Nc1c(F)cc2[nH]ncc2c1-c1ccc2nc(NC=O)cn2n1. The van der Waals surface area contributed by atoms with Gasteiger partial charge in [-0.25, -0.2) is 13.9 Å². The molecule has 0 fully saturated rings. The molecule has 0 aliphatic heterocycles. The zero-order chi connectivity index (χ0) is 16.0. The number of rotatable bonds is 3. The molecule has 0 spiro atoms. The van der Waals surface area contributed by atoms with E-state index < -0.39 is 5.82 Å². The van der Waals surface area contributed by atoms with E-state index in [4.69, 9.17) is 5.73 Å². The van der Waals surface area contributed by atoms with Crippen molar-refractivity contribution in [2.24, 2.45) is 0 Å². The molecule has 0 saturated heterocycles. The molecule has 4 N–H and O–H groups in total. The number of hydrogen-bond acceptors (Lipinski definition) is 5. The van der Waals surface area contributed by atoms with Crippen molar-refractivity contribution in [1.29, 1.82) is 0 Å². The summed E-state index contributed by atoms with van der Waals surface area (Å²) < 4.78 is 15.5. The third-order valence-electron chi connectivity index (χ3n) is 3.52. The molecule has 0 saturated carbocycles. The largest absolute Gasteiger partial charge is 0.396 e. The molecule has 114 valence electrons. The number of anilines is 2. The summed E-state index contributed by atoms with van der Waals surface area (Å²) in [7, 11) is 0. The number of H-pyrrole nitrogens is 1. The number of fused-ring (bicyclic) bond motifs is 2. The van der Waals surface area contributed by atoms with Gasteiger partial charge in [-0.2, -0.15) is 10.2 Å². The summed E-state index contributed by atoms with van der Waals surface area (Å²) in [6.07, 6.45) is 3.65. The number of carbonyl (C=O) groups is 1. The minimum Gasteiger partial charge on any atom is -0.396 e. The molecule has 4 rings (SSSR count). The number of nitrogens with one attached hydrogen (secondary N) is 2. The number of benzene rings is 1. The van der Waals surface area contributed by atoms with Crippen molar-refractivity contribution in [3.8, 4) is 11.3 Å². The highest BCUT2D eigenvalue weighted by Gasteiger charge is 2.16. The molecule has 0 aliphatic rings. The molecule has 0 bridgehead atoms. The Morgan fingerprint density at radius 3 is 3.09 bits per heavy atom. The van der Waals surface area contributed by atoms with Crippen LogP contribution in [0.25, 0.3) is 27.8 Å². The Balaban J connectivity index is 1.96. The van der Waals surface area contributed by atoms with E-state index >= 15 is 0 Å². The first-order valence-corrected chi connectivity index (χ1v) is 6.65. The Kier molecular flexibility index (Phi) is 2.73. The predicted octanol–water partition coefficient (Wildman–Crippen LogP) is 1.56. The molecule has 8 nitrogen and oxygen atoms in total. The Labute approximate surface area is 128 Å². The lowest BCUT2D eigenvalue weighted by atomic mass is 10.0. The Hall–Kier alpha value is -3.49. The molecule has 1 aromatic carbocycles. The number of amides is 1. The molecule has 0 aliphatic carbocycles. The van der Waals surface area contributed by atoms with Crippen LogP contribution in [0.3, 0.4) is 0 Å². The van der Waals surface area contributed by atoms with Gasteiger partial charge in [0.05, 0.1) is 29.3 Å². The maximum absolute atomic E-state index is 14.0. The van der Waals surface area contributed by atoms with E-state index in [1.165, 1.54) is 10.6 Å². The second-order valence-corrected chi connectivity index (χ2v) is 4.89. The van der Waals surface area contributed by atoms with E-state index in [0.29, 0.717) is 40.0 Å². The van der Waals surface area contributed by atoms with E-state index in [0.717, 1.165) is 0 Å². The average Bonchev–Trinajstić information content (AvgIpc) is 3.14. The van der Waals surface area contributed by atoms with Crippen LogP contribution >= 0.6 is 0 Å². The van der Waals surface area contributed by atoms with Gasteiger partial charge in [-0.3, -0.25) is 9.89 Å². The summed E-state index contributed by atoms with van der Waals surface area (Å²) in [6, 6.07) is 4.68. The fourth-order valence-corrected chi connectivity index (χ4v) is 2.50. The molecule has 4 aromatic rings. The van der Waals surface area contributed by atoms with Gasteiger partial charge < -0.3 is 11.1 Å². The molecule has 9 heteroatoms. The van der Waals surface area contributed by atoms with E-state index in [2.05, 4.69) is 25.6 Å². The fraction of sp³-hybridized carbons (Fsp3) is 0. The lowest BCUT2D eigenvalue weighted by Gasteiger charge is -2.08. The van der Waals surface area contributed by atoms with Crippen LogP contribution in [-0.2, 0) is 4.79 Å². The number of aromatic nitrogens is 5. The van der Waals surface area contributed by atoms with E-state index in [-0.39, 0.29) is 5.69 Å². The van der Waals surface area contributed by atoms with E-state index in [1.54, 1.807) is 24.5 Å². The van der Waals surface area contributed by atoms with Crippen molar-refractivity contribution in [3.63, 3.8) is 0 Å². The second kappa shape index (κ2) is 4.77. The van der Waals surface area contributed by atoms with Crippen LogP contribution < -0.4 is 11.1 Å². The van der Waals surface area contributed by atoms with Gasteiger partial charge >= 0.3 is 0 Å². The van der Waals surface area contributed by atoms with Gasteiger partial charge in [0.1, 0.15) is 5.82 Å². The van der Waals surface area contributed by atoms with Gasteiger partial charge in [0.25, 0.3) is 0 Å². The third kappa shape index (κ3) is 1.98. The number of nitrogen functional groups attached to an aromatic ring is 1. The summed E-state index contributed by atoms with van der Waals surface area (Å²) in [5.41, 5.74) is 7.88. The molecule has 0 radical (unpaired) electrons. The maximum atomic E-state index is 14.0. The highest BCUT2D eigenvalue weighted by molar-refractivity contribution is 5.99. The maximum Gasteiger partial charge on any atom is 0.212 e. The summed E-state index contributed by atoms with van der Waals surface area (Å²) in [5.74, 6) is -0.182. The zero-order valence-corrected chi connectivity index (χ0v) is 11.6. The van der Waals surface area contributed by atoms with Gasteiger partial charge in [0.2, 0.25) is 6.41 Å². The number of imidazole rings is 1. The molecule has 3 heterocycles. The minimum absolute atomic E-state index is 0.00268. The lowest BCUT2D eigenvalue weighted by Crippen LogP contribution is -1.99. The van der Waals surface area contributed by atoms with Crippen LogP contribution in [0.4, 0.5) is 15.9 Å². The molecule has 1 amide bonds. The number of halogens is 1. The normalized spacial score (nSPS) is 11.2. The molecular formula is C14H10FN7O. The summed E-state index contributed by atoms with van der Waals surface area (Å²) >= 11 is 0. The van der Waals surface area contributed by atoms with Gasteiger partial charge in [-0.05, 0) is 12.1 Å². The zero-order valence-electron chi connectivity index (χ0n) is 11.6. The highest BCUT2D eigenvalue weighted by atomic mass is 19.1. The van der Waals surface area contributed by atoms with Crippen LogP contribution in [0, 0.1) is 5.82 Å². The van der Waals surface area contributed by atoms with Gasteiger partial charge in [-0.1, -0.05) is 0 Å². The van der Waals surface area contributed by atoms with Crippen LogP contribution in [-0.4, -0.2) is 31.2 Å². The molecule has 3 aromatic heterocycles. The number of nitrogens with zero attached hydrogens (tertiary/aromatic N) is 4. The number of nitrogens with two attached hydrogens (primary N) is 1. The Bertz CT molecular complexity index is 1050. The van der Waals surface area contributed by atoms with Crippen molar-refractivity contribution in [2.75, 3.05) is 11.1 Å². The molecular weight excluding hydrogens is 301 g/mol. The quantitative estimate of drug-likeness (QED) is 0.392. The Morgan fingerprint density at radius 1 is 1.39 bits per heavy atom. The molecule has 0 atom stereocenters. The van der Waals surface area contributed by atoms with Crippen molar-refractivity contribution in [2.45, 2.75) is 0 Å². The highest BCUT2D eigenvalue weighted by Crippen LogP contribution is 2.34. The van der Waals surface area contributed by atoms with Gasteiger partial charge in [-0.15, -0.1) is 0 Å². The molecule has 23 heavy (non-hydrogen) atoms. The number of carbonyl (C=O) groups excluding carboxylic acids is 1. The second-order valence-electron chi connectivity index (χ2n) is 4.89. The van der Waals surface area contributed by atoms with Crippen LogP contribution in [0.5, 0.6) is 0 Å². The van der Waals surface area contributed by atoms with Crippen molar-refractivity contribution >= 4 is 34.5 Å². The summed E-state index contributed by atoms with van der Waals surface area (Å²) in [6.45, 7) is 0. The van der Waals surface area contributed by atoms with E-state index in [1.807, 2.05) is 0 Å². The molecule has 0 unspecified atom stereocenters. The van der Waals surface area contributed by atoms with E-state index in [9.17, 15) is 9.18 Å².